The average molecular weight is 412 g/mol. The van der Waals surface area contributed by atoms with Gasteiger partial charge < -0.3 is 19.9 Å². The summed E-state index contributed by atoms with van der Waals surface area (Å²) in [4.78, 5) is 12.3. The monoisotopic (exact) mass is 411 g/mol. The number of carbonyl (C=O) groups excluding carboxylic acids is 1. The zero-order valence-electron chi connectivity index (χ0n) is 15.8. The lowest BCUT2D eigenvalue weighted by molar-refractivity contribution is 0.0626. The molecule has 0 heterocycles. The summed E-state index contributed by atoms with van der Waals surface area (Å²) in [6.45, 7) is 0.576. The summed E-state index contributed by atoms with van der Waals surface area (Å²) in [5.41, 5.74) is 1.52. The van der Waals surface area contributed by atoms with Crippen molar-refractivity contribution in [1.82, 2.24) is 5.32 Å². The van der Waals surface area contributed by atoms with Crippen LogP contribution in [0.5, 0.6) is 11.5 Å². The lowest BCUT2D eigenvalue weighted by Gasteiger charge is -2.14. The lowest BCUT2D eigenvalue weighted by Crippen LogP contribution is -2.25. The van der Waals surface area contributed by atoms with Gasteiger partial charge in [-0.2, -0.15) is 0 Å². The minimum Gasteiger partial charge on any atom is -0.491 e. The molecule has 3 aromatic rings. The van der Waals surface area contributed by atoms with E-state index in [4.69, 9.17) is 21.1 Å². The van der Waals surface area contributed by atoms with Crippen LogP contribution in [-0.2, 0) is 6.54 Å². The Bertz CT molecular complexity index is 916. The van der Waals surface area contributed by atoms with Crippen LogP contribution in [0.1, 0.15) is 15.9 Å². The minimum atomic E-state index is -0.818. The zero-order valence-corrected chi connectivity index (χ0v) is 16.5. The molecule has 6 heteroatoms. The summed E-state index contributed by atoms with van der Waals surface area (Å²) < 4.78 is 11.1. The maximum atomic E-state index is 12.3. The van der Waals surface area contributed by atoms with Gasteiger partial charge in [0.05, 0.1) is 0 Å². The molecule has 3 aromatic carbocycles. The van der Waals surface area contributed by atoms with Gasteiger partial charge in [-0.15, -0.1) is 0 Å². The largest absolute Gasteiger partial charge is 0.491 e. The molecule has 0 fully saturated rings. The number of hydrogen-bond donors (Lipinski definition) is 2. The summed E-state index contributed by atoms with van der Waals surface area (Å²) in [5, 5.41) is 13.6. The number of halogens is 1. The fourth-order valence-corrected chi connectivity index (χ4v) is 2.70. The van der Waals surface area contributed by atoms with Crippen molar-refractivity contribution in [2.24, 2.45) is 0 Å². The number of carbonyl (C=O) groups is 1. The van der Waals surface area contributed by atoms with Gasteiger partial charge in [-0.25, -0.2) is 0 Å². The highest BCUT2D eigenvalue weighted by molar-refractivity contribution is 6.30. The van der Waals surface area contributed by atoms with Crippen molar-refractivity contribution in [2.75, 3.05) is 13.2 Å². The number of nitrogens with one attached hydrogen (secondary N) is 1. The second kappa shape index (κ2) is 10.5. The topological polar surface area (TPSA) is 67.8 Å². The second-order valence-corrected chi connectivity index (χ2v) is 6.86. The Hall–Kier alpha value is -3.02. The molecule has 2 N–H and O–H groups in total. The molecule has 1 amide bonds. The molecule has 0 saturated carbocycles. The Labute approximate surface area is 174 Å². The number of ether oxygens (including phenoxy) is 2. The van der Waals surface area contributed by atoms with Crippen LogP contribution in [0.15, 0.2) is 78.9 Å². The van der Waals surface area contributed by atoms with Gasteiger partial charge in [-0.3, -0.25) is 4.79 Å². The first kappa shape index (κ1) is 20.7. The summed E-state index contributed by atoms with van der Waals surface area (Å²) in [6.07, 6.45) is -0.818. The van der Waals surface area contributed by atoms with E-state index in [0.29, 0.717) is 28.6 Å². The molecule has 1 atom stereocenters. The van der Waals surface area contributed by atoms with Gasteiger partial charge in [0.2, 0.25) is 0 Å². The Morgan fingerprint density at radius 3 is 2.31 bits per heavy atom. The van der Waals surface area contributed by atoms with Crippen LogP contribution in [0.2, 0.25) is 5.02 Å². The molecule has 0 bridgehead atoms. The number of benzene rings is 3. The van der Waals surface area contributed by atoms with Crippen molar-refractivity contribution < 1.29 is 19.4 Å². The molecule has 150 valence electrons. The van der Waals surface area contributed by atoms with Gasteiger partial charge in [-0.05, 0) is 48.0 Å². The highest BCUT2D eigenvalue weighted by atomic mass is 35.5. The van der Waals surface area contributed by atoms with Crippen molar-refractivity contribution in [3.8, 4) is 11.5 Å². The van der Waals surface area contributed by atoms with Crippen molar-refractivity contribution in [1.29, 1.82) is 0 Å². The fourth-order valence-electron chi connectivity index (χ4n) is 2.57. The Kier molecular flexibility index (Phi) is 7.50. The lowest BCUT2D eigenvalue weighted by atomic mass is 10.2. The highest BCUT2D eigenvalue weighted by Crippen LogP contribution is 2.16. The number of aliphatic hydroxyl groups is 1. The second-order valence-electron chi connectivity index (χ2n) is 6.43. The van der Waals surface area contributed by atoms with E-state index in [1.807, 2.05) is 30.3 Å². The summed E-state index contributed by atoms with van der Waals surface area (Å²) in [7, 11) is 0. The van der Waals surface area contributed by atoms with E-state index in [2.05, 4.69) is 5.32 Å². The van der Waals surface area contributed by atoms with E-state index in [1.54, 1.807) is 48.5 Å². The summed E-state index contributed by atoms with van der Waals surface area (Å²) in [5.74, 6) is 0.930. The van der Waals surface area contributed by atoms with E-state index in [1.165, 1.54) is 0 Å². The van der Waals surface area contributed by atoms with Crippen LogP contribution in [0.3, 0.4) is 0 Å². The molecule has 0 saturated heterocycles. The molecular formula is C23H22ClNO4. The maximum Gasteiger partial charge on any atom is 0.251 e. The van der Waals surface area contributed by atoms with E-state index < -0.39 is 6.10 Å². The number of aliphatic hydroxyl groups excluding tert-OH is 1. The fraction of sp³-hybridized carbons (Fsp3) is 0.174. The number of hydrogen-bond acceptors (Lipinski definition) is 4. The molecule has 0 radical (unpaired) electrons. The molecule has 0 aliphatic rings. The molecule has 3 rings (SSSR count). The van der Waals surface area contributed by atoms with Gasteiger partial charge in [0.25, 0.3) is 5.91 Å². The Balaban J connectivity index is 1.46. The van der Waals surface area contributed by atoms with Crippen molar-refractivity contribution >= 4 is 17.5 Å². The third kappa shape index (κ3) is 6.82. The minimum absolute atomic E-state index is 0.0443. The molecule has 0 aliphatic heterocycles. The van der Waals surface area contributed by atoms with Gasteiger partial charge in [0.15, 0.2) is 0 Å². The van der Waals surface area contributed by atoms with Crippen molar-refractivity contribution in [3.05, 3.63) is 95.0 Å². The molecule has 29 heavy (non-hydrogen) atoms. The molecule has 5 nitrogen and oxygen atoms in total. The predicted octanol–water partition coefficient (Wildman–Crippen LogP) is 4.09. The van der Waals surface area contributed by atoms with Crippen LogP contribution >= 0.6 is 11.6 Å². The molecular weight excluding hydrogens is 390 g/mol. The van der Waals surface area contributed by atoms with E-state index in [-0.39, 0.29) is 19.1 Å². The normalized spacial score (nSPS) is 11.5. The number of amides is 1. The predicted molar refractivity (Wildman–Crippen MR) is 113 cm³/mol. The average Bonchev–Trinajstić information content (AvgIpc) is 2.76. The first-order valence-corrected chi connectivity index (χ1v) is 9.59. The van der Waals surface area contributed by atoms with Crippen LogP contribution in [0, 0.1) is 0 Å². The van der Waals surface area contributed by atoms with Crippen molar-refractivity contribution in [2.45, 2.75) is 12.6 Å². The highest BCUT2D eigenvalue weighted by Gasteiger charge is 2.10. The van der Waals surface area contributed by atoms with Crippen molar-refractivity contribution in [3.63, 3.8) is 0 Å². The van der Waals surface area contributed by atoms with Crippen LogP contribution < -0.4 is 14.8 Å². The first-order chi connectivity index (χ1) is 14.1. The molecule has 0 aromatic heterocycles. The number of rotatable bonds is 9. The molecule has 0 unspecified atom stereocenters. The standard InChI is InChI=1S/C23H22ClNO4/c24-19-9-11-21(12-10-19)28-15-20(26)16-29-22-8-4-7-18(13-22)23(27)25-14-17-5-2-1-3-6-17/h1-13,20,26H,14-16H2,(H,25,27)/t20-/m0/s1. The van der Waals surface area contributed by atoms with Crippen LogP contribution in [-0.4, -0.2) is 30.3 Å². The van der Waals surface area contributed by atoms with E-state index in [9.17, 15) is 9.90 Å². The third-order valence-electron chi connectivity index (χ3n) is 4.09. The quantitative estimate of drug-likeness (QED) is 0.556. The van der Waals surface area contributed by atoms with Crippen LogP contribution in [0.4, 0.5) is 0 Å². The smallest absolute Gasteiger partial charge is 0.251 e. The SMILES string of the molecule is O=C(NCc1ccccc1)c1cccc(OC[C@@H](O)COc2ccc(Cl)cc2)c1. The third-order valence-corrected chi connectivity index (χ3v) is 4.34. The first-order valence-electron chi connectivity index (χ1n) is 9.21. The van der Waals surface area contributed by atoms with Gasteiger partial charge in [0.1, 0.15) is 30.8 Å². The van der Waals surface area contributed by atoms with Gasteiger partial charge >= 0.3 is 0 Å². The Morgan fingerprint density at radius 2 is 1.59 bits per heavy atom. The zero-order chi connectivity index (χ0) is 20.5. The van der Waals surface area contributed by atoms with Gasteiger partial charge in [-0.1, -0.05) is 48.0 Å². The summed E-state index contributed by atoms with van der Waals surface area (Å²) >= 11 is 5.82. The van der Waals surface area contributed by atoms with Crippen LogP contribution in [0.25, 0.3) is 0 Å². The Morgan fingerprint density at radius 1 is 0.897 bits per heavy atom. The molecule has 0 spiro atoms. The van der Waals surface area contributed by atoms with E-state index >= 15 is 0 Å². The summed E-state index contributed by atoms with van der Waals surface area (Å²) in [6, 6.07) is 23.4. The molecule has 0 aliphatic carbocycles. The van der Waals surface area contributed by atoms with E-state index in [0.717, 1.165) is 5.56 Å². The van der Waals surface area contributed by atoms with Gasteiger partial charge in [0, 0.05) is 17.1 Å². The maximum absolute atomic E-state index is 12.3.